The van der Waals surface area contributed by atoms with Gasteiger partial charge in [-0.3, -0.25) is 25.0 Å². The Morgan fingerprint density at radius 2 is 2.06 bits per heavy atom. The minimum Gasteiger partial charge on any atom is -0.462 e. The highest BCUT2D eigenvalue weighted by atomic mass is 16.5. The molecule has 8 nitrogen and oxygen atoms in total. The zero-order valence-corrected chi connectivity index (χ0v) is 10.3. The predicted molar refractivity (Wildman–Crippen MR) is 62.6 cm³/mol. The van der Waals surface area contributed by atoms with Gasteiger partial charge in [0.15, 0.2) is 6.04 Å². The quantitative estimate of drug-likeness (QED) is 0.541. The highest BCUT2D eigenvalue weighted by Crippen LogP contribution is 2.11. The van der Waals surface area contributed by atoms with Crippen molar-refractivity contribution in [3.63, 3.8) is 0 Å². The lowest BCUT2D eigenvalue weighted by Gasteiger charge is -2.32. The van der Waals surface area contributed by atoms with Crippen molar-refractivity contribution >= 4 is 30.0 Å². The third-order valence-corrected chi connectivity index (χ3v) is 2.37. The van der Waals surface area contributed by atoms with E-state index in [-0.39, 0.29) is 12.4 Å². The number of imide groups is 1. The van der Waals surface area contributed by atoms with Gasteiger partial charge in [0.25, 0.3) is 5.91 Å². The molecule has 0 radical (unpaired) electrons. The van der Waals surface area contributed by atoms with Gasteiger partial charge in [0.05, 0.1) is 6.61 Å². The molecular weight excluding hydrogens is 240 g/mol. The van der Waals surface area contributed by atoms with Crippen LogP contribution in [-0.4, -0.2) is 66.5 Å². The normalized spacial score (nSPS) is 20.8. The number of carbonyl (C=O) groups is 3. The summed E-state index contributed by atoms with van der Waals surface area (Å²) in [6.45, 7) is 1.83. The van der Waals surface area contributed by atoms with Crippen LogP contribution in [0.15, 0.2) is 4.99 Å². The lowest BCUT2D eigenvalue weighted by atomic mass is 10.2. The smallest absolute Gasteiger partial charge is 0.348 e. The molecule has 1 N–H and O–H groups in total. The Hall–Kier alpha value is -2.25. The van der Waals surface area contributed by atoms with Gasteiger partial charge in [0.1, 0.15) is 12.1 Å². The maximum Gasteiger partial charge on any atom is 0.348 e. The topological polar surface area (TPSA) is 103 Å². The molecule has 3 amide bonds. The zero-order chi connectivity index (χ0) is 13.9. The van der Waals surface area contributed by atoms with E-state index in [1.165, 1.54) is 14.1 Å². The van der Waals surface area contributed by atoms with Gasteiger partial charge in [0.2, 0.25) is 0 Å². The van der Waals surface area contributed by atoms with Crippen LogP contribution in [0.1, 0.15) is 6.92 Å². The number of aliphatic imine (C=N–C) groups is 1. The first-order valence-corrected chi connectivity index (χ1v) is 5.23. The van der Waals surface area contributed by atoms with E-state index in [2.05, 4.69) is 9.73 Å². The fourth-order valence-electron chi connectivity index (χ4n) is 1.36. The second-order valence-electron chi connectivity index (χ2n) is 3.56. The second-order valence-corrected chi connectivity index (χ2v) is 3.56. The number of ether oxygens (including phenoxy) is 1. The first-order chi connectivity index (χ1) is 8.40. The summed E-state index contributed by atoms with van der Waals surface area (Å²) in [6, 6.07) is -1.80. The molecule has 1 aliphatic heterocycles. The van der Waals surface area contributed by atoms with E-state index in [9.17, 15) is 14.4 Å². The molecule has 0 saturated carbocycles. The molecule has 1 fully saturated rings. The lowest BCUT2D eigenvalue weighted by Crippen LogP contribution is -2.58. The van der Waals surface area contributed by atoms with Crippen molar-refractivity contribution in [1.29, 1.82) is 5.41 Å². The van der Waals surface area contributed by atoms with Gasteiger partial charge in [0, 0.05) is 14.1 Å². The molecule has 98 valence electrons. The molecule has 8 heteroatoms. The van der Waals surface area contributed by atoms with Gasteiger partial charge < -0.3 is 4.74 Å². The Morgan fingerprint density at radius 1 is 1.44 bits per heavy atom. The van der Waals surface area contributed by atoms with Gasteiger partial charge in [-0.15, -0.1) is 0 Å². The SMILES string of the molecule is CCOC(=O)C=NC1C(=N)N(C)C(=O)N(C)C1=O. The van der Waals surface area contributed by atoms with Crippen molar-refractivity contribution in [3.05, 3.63) is 0 Å². The van der Waals surface area contributed by atoms with Crippen molar-refractivity contribution in [3.8, 4) is 0 Å². The van der Waals surface area contributed by atoms with Gasteiger partial charge in [-0.25, -0.2) is 9.59 Å². The van der Waals surface area contributed by atoms with Crippen LogP contribution in [0.4, 0.5) is 4.79 Å². The molecule has 0 aromatic rings. The first-order valence-electron chi connectivity index (χ1n) is 5.23. The molecule has 0 aromatic carbocycles. The van der Waals surface area contributed by atoms with Gasteiger partial charge in [-0.1, -0.05) is 0 Å². The number of likely N-dealkylation sites (N-methyl/N-ethyl adjacent to an activating group) is 2. The monoisotopic (exact) mass is 254 g/mol. The molecule has 0 spiro atoms. The van der Waals surface area contributed by atoms with Crippen LogP contribution in [-0.2, 0) is 14.3 Å². The number of rotatable bonds is 3. The Labute approximate surface area is 104 Å². The van der Waals surface area contributed by atoms with Crippen molar-refractivity contribution in [2.45, 2.75) is 13.0 Å². The molecule has 0 aromatic heterocycles. The molecule has 0 bridgehead atoms. The van der Waals surface area contributed by atoms with E-state index in [4.69, 9.17) is 5.41 Å². The van der Waals surface area contributed by atoms with Crippen molar-refractivity contribution in [2.75, 3.05) is 20.7 Å². The summed E-state index contributed by atoms with van der Waals surface area (Å²) in [7, 11) is 2.65. The van der Waals surface area contributed by atoms with Crippen molar-refractivity contribution in [1.82, 2.24) is 9.80 Å². The van der Waals surface area contributed by atoms with Gasteiger partial charge in [-0.05, 0) is 6.92 Å². The zero-order valence-electron chi connectivity index (χ0n) is 10.3. The molecule has 1 unspecified atom stereocenters. The third kappa shape index (κ3) is 2.53. The van der Waals surface area contributed by atoms with Gasteiger partial charge in [-0.2, -0.15) is 0 Å². The summed E-state index contributed by atoms with van der Waals surface area (Å²) in [5.41, 5.74) is 0. The average Bonchev–Trinajstić information content (AvgIpc) is 2.34. The van der Waals surface area contributed by atoms with Crippen molar-refractivity contribution in [2.24, 2.45) is 4.99 Å². The molecule has 1 aliphatic rings. The fourth-order valence-corrected chi connectivity index (χ4v) is 1.36. The Balaban J connectivity index is 2.87. The van der Waals surface area contributed by atoms with E-state index >= 15 is 0 Å². The number of nitrogens with zero attached hydrogens (tertiary/aromatic N) is 3. The summed E-state index contributed by atoms with van der Waals surface area (Å²) in [5.74, 6) is -1.62. The van der Waals surface area contributed by atoms with Crippen LogP contribution < -0.4 is 0 Å². The number of urea groups is 1. The van der Waals surface area contributed by atoms with Crippen LogP contribution in [0, 0.1) is 5.41 Å². The van der Waals surface area contributed by atoms with E-state index in [1.807, 2.05) is 0 Å². The number of amidine groups is 1. The summed E-state index contributed by atoms with van der Waals surface area (Å²) in [5, 5.41) is 7.64. The number of hydrogen-bond acceptors (Lipinski definition) is 6. The highest BCUT2D eigenvalue weighted by Gasteiger charge is 2.39. The van der Waals surface area contributed by atoms with Crippen LogP contribution in [0.5, 0.6) is 0 Å². The van der Waals surface area contributed by atoms with E-state index in [0.29, 0.717) is 0 Å². The summed E-state index contributed by atoms with van der Waals surface area (Å²) in [4.78, 5) is 39.8. The second kappa shape index (κ2) is 5.39. The molecule has 1 saturated heterocycles. The van der Waals surface area contributed by atoms with Crippen LogP contribution in [0.2, 0.25) is 0 Å². The maximum atomic E-state index is 11.7. The number of hydrogen-bond donors (Lipinski definition) is 1. The molecular formula is C10H14N4O4. The number of carbonyl (C=O) groups excluding carboxylic acids is 3. The summed E-state index contributed by atoms with van der Waals surface area (Å²) >= 11 is 0. The molecule has 1 atom stereocenters. The Morgan fingerprint density at radius 3 is 2.61 bits per heavy atom. The van der Waals surface area contributed by atoms with Gasteiger partial charge >= 0.3 is 12.0 Å². The largest absolute Gasteiger partial charge is 0.462 e. The molecule has 1 rings (SSSR count). The summed E-state index contributed by atoms with van der Waals surface area (Å²) < 4.78 is 4.61. The Kier molecular flexibility index (Phi) is 4.13. The standard InChI is InChI=1S/C10H14N4O4/c1-4-18-6(15)5-12-7-8(11)13(2)10(17)14(3)9(7)16/h5,7,11H,4H2,1-3H3. The summed E-state index contributed by atoms with van der Waals surface area (Å²) in [6.07, 6.45) is 0.845. The Bertz CT molecular complexity index is 408. The molecule has 18 heavy (non-hydrogen) atoms. The van der Waals surface area contributed by atoms with E-state index in [1.54, 1.807) is 6.92 Å². The number of esters is 1. The lowest BCUT2D eigenvalue weighted by molar-refractivity contribution is -0.134. The fraction of sp³-hybridized carbons (Fsp3) is 0.500. The predicted octanol–water partition coefficient (Wildman–Crippen LogP) is -0.510. The van der Waals surface area contributed by atoms with Crippen LogP contribution in [0.25, 0.3) is 0 Å². The number of nitrogens with one attached hydrogen (secondary N) is 1. The molecule has 1 heterocycles. The van der Waals surface area contributed by atoms with Crippen LogP contribution in [0.3, 0.4) is 0 Å². The first kappa shape index (κ1) is 13.8. The van der Waals surface area contributed by atoms with E-state index in [0.717, 1.165) is 16.0 Å². The third-order valence-electron chi connectivity index (χ3n) is 2.37. The highest BCUT2D eigenvalue weighted by molar-refractivity contribution is 6.26. The molecule has 0 aliphatic carbocycles. The average molecular weight is 254 g/mol. The van der Waals surface area contributed by atoms with Crippen LogP contribution >= 0.6 is 0 Å². The maximum absolute atomic E-state index is 11.7. The van der Waals surface area contributed by atoms with E-state index < -0.39 is 23.9 Å². The van der Waals surface area contributed by atoms with Crippen molar-refractivity contribution < 1.29 is 19.1 Å². The minimum atomic E-state index is -1.19. The number of amides is 3. The minimum absolute atomic E-state index is 0.194.